The Labute approximate surface area is 85.3 Å². The van der Waals surface area contributed by atoms with E-state index in [4.69, 9.17) is 4.74 Å². The van der Waals surface area contributed by atoms with Crippen molar-refractivity contribution in [3.8, 4) is 0 Å². The molecule has 0 aliphatic carbocycles. The predicted molar refractivity (Wildman–Crippen MR) is 57.1 cm³/mol. The Balaban J connectivity index is 2.14. The van der Waals surface area contributed by atoms with Crippen molar-refractivity contribution in [2.24, 2.45) is 0 Å². The first-order valence-electron chi connectivity index (χ1n) is 5.06. The van der Waals surface area contributed by atoms with Crippen molar-refractivity contribution in [2.75, 3.05) is 6.54 Å². The van der Waals surface area contributed by atoms with Crippen LogP contribution in [-0.4, -0.2) is 12.3 Å². The van der Waals surface area contributed by atoms with Gasteiger partial charge in [-0.3, -0.25) is 5.32 Å². The zero-order valence-corrected chi connectivity index (χ0v) is 9.00. The molecule has 0 spiro atoms. The van der Waals surface area contributed by atoms with E-state index in [-0.39, 0.29) is 11.8 Å². The summed E-state index contributed by atoms with van der Waals surface area (Å²) in [6.07, 6.45) is 0.200. The molecule has 76 valence electrons. The number of hydrogen-bond donors (Lipinski definition) is 1. The van der Waals surface area contributed by atoms with E-state index in [1.54, 1.807) is 0 Å². The molecule has 0 amide bonds. The van der Waals surface area contributed by atoms with Crippen molar-refractivity contribution in [1.82, 2.24) is 5.32 Å². The topological polar surface area (TPSA) is 21.3 Å². The molecule has 1 atom stereocenters. The van der Waals surface area contributed by atoms with Crippen LogP contribution in [0.25, 0.3) is 0 Å². The Morgan fingerprint density at radius 3 is 2.43 bits per heavy atom. The molecule has 1 fully saturated rings. The van der Waals surface area contributed by atoms with Gasteiger partial charge in [0.1, 0.15) is 5.72 Å². The molecule has 1 saturated heterocycles. The van der Waals surface area contributed by atoms with Crippen LogP contribution in [-0.2, 0) is 4.74 Å². The molecular weight excluding hydrogens is 174 g/mol. The van der Waals surface area contributed by atoms with Crippen LogP contribution in [0.15, 0.2) is 24.3 Å². The van der Waals surface area contributed by atoms with Crippen molar-refractivity contribution in [1.29, 1.82) is 0 Å². The second kappa shape index (κ2) is 3.37. The lowest BCUT2D eigenvalue weighted by Crippen LogP contribution is -2.33. The summed E-state index contributed by atoms with van der Waals surface area (Å²) in [6.45, 7) is 7.11. The van der Waals surface area contributed by atoms with Gasteiger partial charge in [-0.05, 0) is 26.3 Å². The van der Waals surface area contributed by atoms with E-state index >= 15 is 0 Å². The molecule has 14 heavy (non-hydrogen) atoms. The van der Waals surface area contributed by atoms with E-state index in [2.05, 4.69) is 50.4 Å². The molecule has 0 bridgehead atoms. The van der Waals surface area contributed by atoms with E-state index in [0.717, 1.165) is 6.54 Å². The highest BCUT2D eigenvalue weighted by Crippen LogP contribution is 2.27. The van der Waals surface area contributed by atoms with Crippen LogP contribution < -0.4 is 5.32 Å². The first kappa shape index (κ1) is 9.69. The van der Waals surface area contributed by atoms with E-state index in [1.165, 1.54) is 11.1 Å². The van der Waals surface area contributed by atoms with Gasteiger partial charge in [-0.25, -0.2) is 0 Å². The van der Waals surface area contributed by atoms with E-state index in [9.17, 15) is 0 Å². The Kier molecular flexibility index (Phi) is 2.33. The molecule has 0 unspecified atom stereocenters. The van der Waals surface area contributed by atoms with Gasteiger partial charge in [0.15, 0.2) is 0 Å². The number of nitrogens with one attached hydrogen (secondary N) is 1. The number of ether oxygens (including phenoxy) is 1. The molecule has 2 nitrogen and oxygen atoms in total. The minimum atomic E-state index is -0.185. The molecule has 1 aliphatic rings. The average Bonchev–Trinajstić information content (AvgIpc) is 2.47. The van der Waals surface area contributed by atoms with E-state index in [0.29, 0.717) is 0 Å². The third-order valence-corrected chi connectivity index (χ3v) is 2.60. The van der Waals surface area contributed by atoms with Crippen molar-refractivity contribution < 1.29 is 4.74 Å². The summed E-state index contributed by atoms with van der Waals surface area (Å²) in [5.41, 5.74) is 2.36. The summed E-state index contributed by atoms with van der Waals surface area (Å²) in [4.78, 5) is 0. The van der Waals surface area contributed by atoms with Crippen LogP contribution in [0.2, 0.25) is 0 Å². The SMILES string of the molecule is Cc1ccc([C@H]2CNC(C)(C)O2)cc1. The van der Waals surface area contributed by atoms with Crippen molar-refractivity contribution in [3.63, 3.8) is 0 Å². The largest absolute Gasteiger partial charge is 0.352 e. The second-order valence-electron chi connectivity index (χ2n) is 4.41. The fourth-order valence-electron chi connectivity index (χ4n) is 1.74. The number of hydrogen-bond acceptors (Lipinski definition) is 2. The van der Waals surface area contributed by atoms with Crippen LogP contribution in [0, 0.1) is 6.92 Å². The second-order valence-corrected chi connectivity index (χ2v) is 4.41. The van der Waals surface area contributed by atoms with Crippen molar-refractivity contribution in [2.45, 2.75) is 32.6 Å². The zero-order valence-electron chi connectivity index (χ0n) is 9.00. The van der Waals surface area contributed by atoms with Crippen LogP contribution in [0.3, 0.4) is 0 Å². The quantitative estimate of drug-likeness (QED) is 0.736. The predicted octanol–water partition coefficient (Wildman–Crippen LogP) is 2.39. The highest BCUT2D eigenvalue weighted by Gasteiger charge is 2.31. The fraction of sp³-hybridized carbons (Fsp3) is 0.500. The van der Waals surface area contributed by atoms with Gasteiger partial charge in [0, 0.05) is 6.54 Å². The highest BCUT2D eigenvalue weighted by atomic mass is 16.5. The van der Waals surface area contributed by atoms with Crippen molar-refractivity contribution in [3.05, 3.63) is 35.4 Å². The lowest BCUT2D eigenvalue weighted by atomic mass is 10.1. The zero-order chi connectivity index (χ0) is 10.2. The molecule has 2 heteroatoms. The summed E-state index contributed by atoms with van der Waals surface area (Å²) < 4.78 is 5.86. The van der Waals surface area contributed by atoms with Gasteiger partial charge < -0.3 is 4.74 Å². The molecule has 1 aromatic carbocycles. The first-order chi connectivity index (χ1) is 6.57. The molecule has 0 aromatic heterocycles. The monoisotopic (exact) mass is 191 g/mol. The van der Waals surface area contributed by atoms with Crippen LogP contribution in [0.4, 0.5) is 0 Å². The lowest BCUT2D eigenvalue weighted by Gasteiger charge is -2.18. The van der Waals surface area contributed by atoms with Gasteiger partial charge in [-0.2, -0.15) is 0 Å². The van der Waals surface area contributed by atoms with Gasteiger partial charge in [-0.1, -0.05) is 29.8 Å². The average molecular weight is 191 g/mol. The molecular formula is C12H17NO. The van der Waals surface area contributed by atoms with Crippen LogP contribution in [0.1, 0.15) is 31.1 Å². The molecule has 1 aliphatic heterocycles. The molecule has 0 radical (unpaired) electrons. The minimum absolute atomic E-state index is 0.185. The summed E-state index contributed by atoms with van der Waals surface area (Å²) in [5, 5.41) is 3.34. The Bertz CT molecular complexity index is 316. The summed E-state index contributed by atoms with van der Waals surface area (Å²) in [5.74, 6) is 0. The Morgan fingerprint density at radius 1 is 1.29 bits per heavy atom. The lowest BCUT2D eigenvalue weighted by molar-refractivity contribution is -0.0241. The molecule has 1 aromatic rings. The summed E-state index contributed by atoms with van der Waals surface area (Å²) in [6, 6.07) is 8.54. The van der Waals surface area contributed by atoms with Gasteiger partial charge in [0.05, 0.1) is 6.10 Å². The van der Waals surface area contributed by atoms with Crippen LogP contribution >= 0.6 is 0 Å². The third-order valence-electron chi connectivity index (χ3n) is 2.60. The number of benzene rings is 1. The standard InChI is InChI=1S/C12H17NO/c1-9-4-6-10(7-5-9)11-8-13-12(2,3)14-11/h4-7,11,13H,8H2,1-3H3/t11-/m1/s1. The summed E-state index contributed by atoms with van der Waals surface area (Å²) in [7, 11) is 0. The van der Waals surface area contributed by atoms with Gasteiger partial charge in [-0.15, -0.1) is 0 Å². The normalized spacial score (nSPS) is 25.2. The fourth-order valence-corrected chi connectivity index (χ4v) is 1.74. The molecule has 2 rings (SSSR count). The van der Waals surface area contributed by atoms with Gasteiger partial charge >= 0.3 is 0 Å². The third kappa shape index (κ3) is 1.97. The van der Waals surface area contributed by atoms with E-state index in [1.807, 2.05) is 0 Å². The maximum atomic E-state index is 5.86. The molecule has 0 saturated carbocycles. The summed E-state index contributed by atoms with van der Waals surface area (Å²) >= 11 is 0. The highest BCUT2D eigenvalue weighted by molar-refractivity contribution is 5.24. The minimum Gasteiger partial charge on any atom is -0.352 e. The van der Waals surface area contributed by atoms with Gasteiger partial charge in [0.2, 0.25) is 0 Å². The van der Waals surface area contributed by atoms with Crippen molar-refractivity contribution >= 4 is 0 Å². The first-order valence-corrected chi connectivity index (χ1v) is 5.06. The molecule has 1 N–H and O–H groups in total. The Morgan fingerprint density at radius 2 is 1.93 bits per heavy atom. The smallest absolute Gasteiger partial charge is 0.114 e. The number of aryl methyl sites for hydroxylation is 1. The van der Waals surface area contributed by atoms with E-state index < -0.39 is 0 Å². The number of rotatable bonds is 1. The maximum absolute atomic E-state index is 5.86. The van der Waals surface area contributed by atoms with Gasteiger partial charge in [0.25, 0.3) is 0 Å². The molecule has 1 heterocycles. The van der Waals surface area contributed by atoms with Crippen LogP contribution in [0.5, 0.6) is 0 Å². The Hall–Kier alpha value is -0.860. The maximum Gasteiger partial charge on any atom is 0.114 e.